The Bertz CT molecular complexity index is 1660. The van der Waals surface area contributed by atoms with Gasteiger partial charge in [0.25, 0.3) is 5.56 Å². The lowest BCUT2D eigenvalue weighted by Crippen LogP contribution is -2.41. The predicted molar refractivity (Wildman–Crippen MR) is 160 cm³/mol. The number of alkyl halides is 3. The number of aromatic nitrogens is 1. The van der Waals surface area contributed by atoms with Crippen LogP contribution < -0.4 is 19.6 Å². The number of carbonyl (C=O) groups excluding carboxylic acids is 1. The van der Waals surface area contributed by atoms with Gasteiger partial charge in [0.1, 0.15) is 12.4 Å². The summed E-state index contributed by atoms with van der Waals surface area (Å²) in [6.45, 7) is 5.18. The van der Waals surface area contributed by atoms with Crippen LogP contribution in [-0.4, -0.2) is 29.9 Å². The predicted octanol–water partition coefficient (Wildman–Crippen LogP) is 5.77. The fraction of sp³-hybridized carbons (Fsp3) is 0.192. The summed E-state index contributed by atoms with van der Waals surface area (Å²) in [6.07, 6.45) is -1.86. The maximum Gasteiger partial charge on any atom is 0.434 e. The topological polar surface area (TPSA) is 69.9 Å². The fourth-order valence-corrected chi connectivity index (χ4v) is 7.09. The van der Waals surface area contributed by atoms with E-state index in [1.807, 2.05) is 6.07 Å². The maximum absolute atomic E-state index is 14.3. The second-order valence-corrected chi connectivity index (χ2v) is 11.9. The molecule has 0 amide bonds. The van der Waals surface area contributed by atoms with Gasteiger partial charge in [0.05, 0.1) is 26.3 Å². The molecule has 0 N–H and O–H groups in total. The maximum atomic E-state index is 14.3. The van der Waals surface area contributed by atoms with Crippen molar-refractivity contribution in [3.05, 3.63) is 103 Å². The normalized spacial score (nSPS) is 15.6. The average molecular weight is 801 g/mol. The highest BCUT2D eigenvalue weighted by atomic mass is 127. The van der Waals surface area contributed by atoms with Crippen LogP contribution in [0, 0.1) is 7.14 Å². The first kappa shape index (κ1) is 29.8. The summed E-state index contributed by atoms with van der Waals surface area (Å²) in [5, 5.41) is 0.337. The Hall–Kier alpha value is -2.17. The van der Waals surface area contributed by atoms with Crippen LogP contribution in [-0.2, 0) is 9.53 Å². The Morgan fingerprint density at radius 2 is 1.95 bits per heavy atom. The van der Waals surface area contributed by atoms with Crippen LogP contribution in [0.1, 0.15) is 24.1 Å². The minimum atomic E-state index is -4.99. The van der Waals surface area contributed by atoms with E-state index in [2.05, 4.69) is 56.8 Å². The Labute approximate surface area is 256 Å². The molecule has 0 unspecified atom stereocenters. The molecule has 0 bridgehead atoms. The van der Waals surface area contributed by atoms with E-state index in [1.54, 1.807) is 18.2 Å². The van der Waals surface area contributed by atoms with Crippen LogP contribution in [0.3, 0.4) is 0 Å². The van der Waals surface area contributed by atoms with Crippen molar-refractivity contribution in [3.63, 3.8) is 0 Å². The monoisotopic (exact) mass is 800 g/mol. The van der Waals surface area contributed by atoms with Crippen molar-refractivity contribution in [1.82, 2.24) is 4.57 Å². The van der Waals surface area contributed by atoms with Crippen molar-refractivity contribution in [2.75, 3.05) is 13.2 Å². The molecule has 1 aromatic heterocycles. The van der Waals surface area contributed by atoms with E-state index in [-0.39, 0.29) is 28.1 Å². The van der Waals surface area contributed by atoms with Gasteiger partial charge in [-0.05, 0) is 88.0 Å². The smallest absolute Gasteiger partial charge is 0.434 e. The molecule has 3 aromatic rings. The summed E-state index contributed by atoms with van der Waals surface area (Å²) in [6, 6.07) is 8.11. The molecule has 0 saturated carbocycles. The number of esters is 1. The lowest BCUT2D eigenvalue weighted by atomic mass is 9.95. The minimum Gasteiger partial charge on any atom is -0.488 e. The second kappa shape index (κ2) is 12.1. The largest absolute Gasteiger partial charge is 0.488 e. The molecule has 1 aliphatic heterocycles. The molecular formula is C26H18ClF3I2N2O4S. The molecule has 1 aliphatic rings. The first-order valence-corrected chi connectivity index (χ1v) is 14.6. The van der Waals surface area contributed by atoms with E-state index in [0.29, 0.717) is 16.3 Å². The second-order valence-electron chi connectivity index (χ2n) is 8.02. The fourth-order valence-electron chi connectivity index (χ4n) is 3.92. The summed E-state index contributed by atoms with van der Waals surface area (Å²) in [7, 11) is 0. The van der Waals surface area contributed by atoms with Gasteiger partial charge in [0.2, 0.25) is 0 Å². The van der Waals surface area contributed by atoms with Crippen molar-refractivity contribution in [1.29, 1.82) is 0 Å². The van der Waals surface area contributed by atoms with Crippen LogP contribution in [0.2, 0.25) is 5.02 Å². The Kier molecular flexibility index (Phi) is 9.28. The van der Waals surface area contributed by atoms with Gasteiger partial charge >= 0.3 is 12.1 Å². The number of thiazole rings is 1. The molecule has 13 heteroatoms. The number of carbonyl (C=O) groups is 1. The molecular weight excluding hydrogens is 783 g/mol. The number of benzene rings is 2. The number of fused-ring (bicyclic) bond motifs is 1. The molecule has 0 saturated heterocycles. The Morgan fingerprint density at radius 3 is 2.56 bits per heavy atom. The molecule has 0 aliphatic carbocycles. The summed E-state index contributed by atoms with van der Waals surface area (Å²) < 4.78 is 56.4. The van der Waals surface area contributed by atoms with Gasteiger partial charge in [0, 0.05) is 14.2 Å². The van der Waals surface area contributed by atoms with Crippen molar-refractivity contribution < 1.29 is 27.4 Å². The number of nitrogens with zero attached hydrogens (tertiary/aromatic N) is 2. The van der Waals surface area contributed by atoms with E-state index in [1.165, 1.54) is 31.2 Å². The summed E-state index contributed by atoms with van der Waals surface area (Å²) in [5.41, 5.74) is -2.00. The van der Waals surface area contributed by atoms with Gasteiger partial charge in [-0.15, -0.1) is 0 Å². The standard InChI is InChI=1S/C26H18ClF3I2N2O4S/c1-3-9-38-21-14(10-16(31)12-17(21)32)11-18-23(35)34-20(13-5-7-15(27)8-6-13)19(24(36)37-4-2)22(26(28,29)30)33-25(34)39-18/h3,5-8,10-12,20H,1,4,9H2,2H3/b18-11-/t20-/m1/s1. The zero-order chi connectivity index (χ0) is 28.5. The van der Waals surface area contributed by atoms with Crippen molar-refractivity contribution in [2.24, 2.45) is 4.99 Å². The highest BCUT2D eigenvalue weighted by Gasteiger charge is 2.45. The summed E-state index contributed by atoms with van der Waals surface area (Å²) in [5.74, 6) is -0.714. The number of hydrogen-bond donors (Lipinski definition) is 0. The zero-order valence-corrected chi connectivity index (χ0v) is 25.9. The van der Waals surface area contributed by atoms with Crippen LogP contribution in [0.4, 0.5) is 13.2 Å². The van der Waals surface area contributed by atoms with E-state index >= 15 is 0 Å². The zero-order valence-electron chi connectivity index (χ0n) is 20.0. The van der Waals surface area contributed by atoms with Gasteiger partial charge < -0.3 is 9.47 Å². The molecule has 6 nitrogen and oxygen atoms in total. The molecule has 1 atom stereocenters. The first-order valence-electron chi connectivity index (χ1n) is 11.2. The number of hydrogen-bond acceptors (Lipinski definition) is 6. The quantitative estimate of drug-likeness (QED) is 0.173. The number of halogens is 6. The summed E-state index contributed by atoms with van der Waals surface area (Å²) >= 11 is 11.0. The van der Waals surface area contributed by atoms with Crippen LogP contribution >= 0.6 is 68.1 Å². The van der Waals surface area contributed by atoms with Crippen LogP contribution in [0.15, 0.2) is 70.1 Å². The lowest BCUT2D eigenvalue weighted by Gasteiger charge is -2.26. The van der Waals surface area contributed by atoms with E-state index < -0.39 is 35.0 Å². The molecule has 2 heterocycles. The van der Waals surface area contributed by atoms with E-state index in [0.717, 1.165) is 23.0 Å². The minimum absolute atomic E-state index is 0.112. The third-order valence-corrected chi connectivity index (χ3v) is 8.11. The average Bonchev–Trinajstić information content (AvgIpc) is 3.17. The lowest BCUT2D eigenvalue weighted by molar-refractivity contribution is -0.140. The SMILES string of the molecule is C=CCOc1c(I)cc(I)cc1/C=c1\sc2n(c1=O)[C@H](c1ccc(Cl)cc1)C(C(=O)OCC)=C(C(F)(F)F)N=2. The van der Waals surface area contributed by atoms with Crippen LogP contribution in [0.25, 0.3) is 6.08 Å². The molecule has 4 rings (SSSR count). The number of ether oxygens (including phenoxy) is 2. The number of rotatable bonds is 7. The van der Waals surface area contributed by atoms with E-state index in [9.17, 15) is 22.8 Å². The molecule has 0 fully saturated rings. The molecule has 39 heavy (non-hydrogen) atoms. The van der Waals surface area contributed by atoms with Gasteiger partial charge in [-0.25, -0.2) is 9.79 Å². The van der Waals surface area contributed by atoms with Crippen LogP contribution in [0.5, 0.6) is 5.75 Å². The van der Waals surface area contributed by atoms with Gasteiger partial charge in [-0.1, -0.05) is 47.7 Å². The Balaban J connectivity index is 2.05. The van der Waals surface area contributed by atoms with Gasteiger partial charge in [0.15, 0.2) is 10.5 Å². The summed E-state index contributed by atoms with van der Waals surface area (Å²) in [4.78, 5) is 30.3. The molecule has 204 valence electrons. The number of allylic oxidation sites excluding steroid dienone is 1. The van der Waals surface area contributed by atoms with Crippen molar-refractivity contribution in [2.45, 2.75) is 19.1 Å². The van der Waals surface area contributed by atoms with E-state index in [4.69, 9.17) is 21.1 Å². The highest BCUT2D eigenvalue weighted by molar-refractivity contribution is 14.1. The molecule has 0 radical (unpaired) electrons. The highest BCUT2D eigenvalue weighted by Crippen LogP contribution is 2.38. The van der Waals surface area contributed by atoms with Gasteiger partial charge in [-0.2, -0.15) is 13.2 Å². The molecule has 0 spiro atoms. The van der Waals surface area contributed by atoms with Crippen molar-refractivity contribution >= 4 is 80.2 Å². The third kappa shape index (κ3) is 6.28. The van der Waals surface area contributed by atoms with Gasteiger partial charge in [-0.3, -0.25) is 9.36 Å². The third-order valence-electron chi connectivity index (χ3n) is 5.45. The Morgan fingerprint density at radius 1 is 1.26 bits per heavy atom. The first-order chi connectivity index (χ1) is 18.5. The van der Waals surface area contributed by atoms with Crippen molar-refractivity contribution in [3.8, 4) is 5.75 Å². The molecule has 2 aromatic carbocycles.